The molecule has 0 saturated carbocycles. The van der Waals surface area contributed by atoms with Crippen LogP contribution in [0.15, 0.2) is 77.8 Å². The first-order chi connectivity index (χ1) is 18.1. The number of halogens is 4. The predicted molar refractivity (Wildman–Crippen MR) is 148 cm³/mol. The maximum absolute atomic E-state index is 13.2. The fraction of sp³-hybridized carbons (Fsp3) is 0.222. The number of hydrogen-bond acceptors (Lipinski definition) is 5. The lowest BCUT2D eigenvalue weighted by Gasteiger charge is -2.32. The van der Waals surface area contributed by atoms with Gasteiger partial charge < -0.3 is 10.1 Å². The van der Waals surface area contributed by atoms with Crippen molar-refractivity contribution in [1.82, 2.24) is 4.90 Å². The Morgan fingerprint density at radius 2 is 1.87 bits per heavy atom. The number of amides is 2. The monoisotopic (exact) mass is 577 g/mol. The smallest absolute Gasteiger partial charge is 0.420 e. The molecule has 0 aromatic heterocycles. The molecule has 0 radical (unpaired) electrons. The van der Waals surface area contributed by atoms with Crippen molar-refractivity contribution < 1.29 is 23.1 Å². The van der Waals surface area contributed by atoms with Gasteiger partial charge >= 0.3 is 5.57 Å². The van der Waals surface area contributed by atoms with Crippen molar-refractivity contribution >= 4 is 63.3 Å². The van der Waals surface area contributed by atoms with E-state index in [1.54, 1.807) is 23.1 Å². The molecule has 1 heterocycles. The molecule has 1 aliphatic rings. The molecular weight excluding hydrogens is 555 g/mol. The van der Waals surface area contributed by atoms with Crippen molar-refractivity contribution in [1.29, 1.82) is 0 Å². The van der Waals surface area contributed by atoms with Crippen LogP contribution in [0, 0.1) is 6.92 Å². The molecule has 2 amide bonds. The molecule has 1 aliphatic heterocycles. The van der Waals surface area contributed by atoms with Gasteiger partial charge in [-0.2, -0.15) is 0 Å². The minimum Gasteiger partial charge on any atom is -0.420 e. The Labute approximate surface area is 233 Å². The molecule has 11 heteroatoms. The highest BCUT2D eigenvalue weighted by Crippen LogP contribution is 2.32. The number of nitrogens with one attached hydrogen (secondary N) is 1. The normalized spacial score (nSPS) is 17.0. The summed E-state index contributed by atoms with van der Waals surface area (Å²) in [5.74, 6) is -0.745. The Morgan fingerprint density at radius 1 is 1.16 bits per heavy atom. The highest BCUT2D eigenvalue weighted by atomic mass is 35.5. The largest absolute Gasteiger partial charge is 0.487 e. The summed E-state index contributed by atoms with van der Waals surface area (Å²) in [5.41, 5.74) is -1.00. The van der Waals surface area contributed by atoms with Gasteiger partial charge in [0.2, 0.25) is 11.8 Å². The zero-order chi connectivity index (χ0) is 27.3. The van der Waals surface area contributed by atoms with E-state index < -0.39 is 10.8 Å². The number of aliphatic imine (C=N–C) groups is 1. The van der Waals surface area contributed by atoms with E-state index in [4.69, 9.17) is 23.2 Å². The maximum atomic E-state index is 13.2. The summed E-state index contributed by atoms with van der Waals surface area (Å²) >= 11 is 12.2. The Balaban J connectivity index is 1.56. The second kappa shape index (κ2) is 12.1. The fourth-order valence-electron chi connectivity index (χ4n) is 3.67. The van der Waals surface area contributed by atoms with E-state index in [1.807, 2.05) is 37.3 Å². The number of anilines is 1. The van der Waals surface area contributed by atoms with Crippen LogP contribution in [0.25, 0.3) is 0 Å². The number of hydrogen-bond donors (Lipinski definition) is 1. The lowest BCUT2D eigenvalue weighted by Crippen LogP contribution is -2.46. The Morgan fingerprint density at radius 3 is 2.53 bits per heavy atom. The molecular formula is C27H23Cl2F2N3O3S. The van der Waals surface area contributed by atoms with Gasteiger partial charge in [-0.05, 0) is 60.9 Å². The third-order valence-corrected chi connectivity index (χ3v) is 7.31. The summed E-state index contributed by atoms with van der Waals surface area (Å²) in [6.45, 7) is 2.21. The minimum absolute atomic E-state index is 0.0124. The topological polar surface area (TPSA) is 71.0 Å². The highest BCUT2D eigenvalue weighted by molar-refractivity contribution is 8.15. The third-order valence-electron chi connectivity index (χ3n) is 5.63. The third kappa shape index (κ3) is 7.69. The van der Waals surface area contributed by atoms with E-state index in [-0.39, 0.29) is 24.0 Å². The number of alkyl halides is 3. The van der Waals surface area contributed by atoms with Gasteiger partial charge in [0, 0.05) is 35.3 Å². The van der Waals surface area contributed by atoms with Crippen molar-refractivity contribution in [2.45, 2.75) is 30.6 Å². The lowest BCUT2D eigenvalue weighted by atomic mass is 10.1. The minimum atomic E-state index is -3.84. The van der Waals surface area contributed by atoms with Crippen molar-refractivity contribution in [3.63, 3.8) is 0 Å². The molecule has 0 bridgehead atoms. The molecule has 0 spiro atoms. The second-order valence-electron chi connectivity index (χ2n) is 8.48. The lowest BCUT2D eigenvalue weighted by molar-refractivity contribution is -0.129. The first kappa shape index (κ1) is 27.9. The van der Waals surface area contributed by atoms with E-state index in [0.29, 0.717) is 34.5 Å². The molecule has 3 aromatic rings. The van der Waals surface area contributed by atoms with Gasteiger partial charge in [0.15, 0.2) is 5.17 Å². The number of carbonyl (C=O) groups is 2. The van der Waals surface area contributed by atoms with Crippen LogP contribution in [0.5, 0.6) is 5.75 Å². The number of thioether (sulfide) groups is 1. The standard InChI is InChI=1S/C27H23Cl2F2N3O3S/c1-17-7-8-20(15-22(17)28)32-25(36)23-16-24(35)34(14-13-18-5-3-2-4-6-18)26(38-23)33-19-9-11-21(12-10-19)37-27(29,30)31/h2-12,15,23H,13-14,16H2,1H3,(H,32,36). The van der Waals surface area contributed by atoms with Gasteiger partial charge in [0.25, 0.3) is 0 Å². The molecule has 6 nitrogen and oxygen atoms in total. The predicted octanol–water partition coefficient (Wildman–Crippen LogP) is 7.02. The summed E-state index contributed by atoms with van der Waals surface area (Å²) in [4.78, 5) is 32.4. The molecule has 3 aromatic carbocycles. The summed E-state index contributed by atoms with van der Waals surface area (Å²) in [6, 6.07) is 20.4. The number of rotatable bonds is 8. The number of ether oxygens (including phenoxy) is 1. The molecule has 4 rings (SSSR count). The average molecular weight is 578 g/mol. The number of nitrogens with zero attached hydrogens (tertiary/aromatic N) is 2. The number of carbonyl (C=O) groups excluding carboxylic acids is 2. The summed E-state index contributed by atoms with van der Waals surface area (Å²) < 4.78 is 30.2. The van der Waals surface area contributed by atoms with Crippen LogP contribution in [0.2, 0.25) is 5.02 Å². The van der Waals surface area contributed by atoms with Crippen molar-refractivity contribution in [3.05, 3.63) is 88.9 Å². The van der Waals surface area contributed by atoms with Crippen molar-refractivity contribution in [2.75, 3.05) is 11.9 Å². The van der Waals surface area contributed by atoms with Gasteiger partial charge in [0.1, 0.15) is 11.0 Å². The van der Waals surface area contributed by atoms with Crippen LogP contribution < -0.4 is 10.1 Å². The van der Waals surface area contributed by atoms with Crippen molar-refractivity contribution in [3.8, 4) is 5.75 Å². The highest BCUT2D eigenvalue weighted by Gasteiger charge is 2.36. The van der Waals surface area contributed by atoms with E-state index in [1.165, 1.54) is 24.3 Å². The van der Waals surface area contributed by atoms with Crippen LogP contribution in [0.4, 0.5) is 20.2 Å². The zero-order valence-corrected chi connectivity index (χ0v) is 22.5. The van der Waals surface area contributed by atoms with Gasteiger partial charge in [-0.15, -0.1) is 8.78 Å². The molecule has 1 atom stereocenters. The van der Waals surface area contributed by atoms with Gasteiger partial charge in [-0.1, -0.05) is 59.8 Å². The molecule has 1 N–H and O–H groups in total. The summed E-state index contributed by atoms with van der Waals surface area (Å²) in [6.07, 6.45) is 0.573. The van der Waals surface area contributed by atoms with Gasteiger partial charge in [-0.3, -0.25) is 14.5 Å². The molecule has 0 aliphatic carbocycles. The molecule has 38 heavy (non-hydrogen) atoms. The average Bonchev–Trinajstić information content (AvgIpc) is 2.86. The van der Waals surface area contributed by atoms with E-state index in [0.717, 1.165) is 22.9 Å². The van der Waals surface area contributed by atoms with E-state index in [2.05, 4.69) is 15.0 Å². The van der Waals surface area contributed by atoms with Gasteiger partial charge in [-0.25, -0.2) is 4.99 Å². The van der Waals surface area contributed by atoms with Crippen molar-refractivity contribution in [2.24, 2.45) is 4.99 Å². The van der Waals surface area contributed by atoms with Crippen LogP contribution in [0.1, 0.15) is 17.5 Å². The Hall–Kier alpha value is -3.14. The molecule has 1 saturated heterocycles. The van der Waals surface area contributed by atoms with E-state index in [9.17, 15) is 18.4 Å². The first-order valence-electron chi connectivity index (χ1n) is 11.6. The summed E-state index contributed by atoms with van der Waals surface area (Å²) in [7, 11) is 0. The van der Waals surface area contributed by atoms with Crippen LogP contribution in [0.3, 0.4) is 0 Å². The van der Waals surface area contributed by atoms with Crippen LogP contribution >= 0.6 is 35.0 Å². The van der Waals surface area contributed by atoms with Gasteiger partial charge in [0.05, 0.1) is 5.69 Å². The first-order valence-corrected chi connectivity index (χ1v) is 13.2. The molecule has 198 valence electrons. The number of amidine groups is 1. The Kier molecular flexibility index (Phi) is 8.91. The second-order valence-corrected chi connectivity index (χ2v) is 10.5. The van der Waals surface area contributed by atoms with E-state index >= 15 is 0 Å². The quantitative estimate of drug-likeness (QED) is 0.292. The van der Waals surface area contributed by atoms with Crippen LogP contribution in [-0.2, 0) is 16.0 Å². The maximum Gasteiger partial charge on any atom is 0.487 e. The SMILES string of the molecule is Cc1ccc(NC(=O)C2CC(=O)N(CCc3ccccc3)C(=Nc3ccc(OC(F)(F)Cl)cc3)S2)cc1Cl. The molecule has 1 fully saturated rings. The Bertz CT molecular complexity index is 1340. The molecule has 1 unspecified atom stereocenters. The zero-order valence-electron chi connectivity index (χ0n) is 20.2. The summed E-state index contributed by atoms with van der Waals surface area (Å²) in [5, 5.41) is 2.93. The number of benzene rings is 3. The fourth-order valence-corrected chi connectivity index (χ4v) is 5.07. The number of aryl methyl sites for hydroxylation is 1. The van der Waals surface area contributed by atoms with Crippen LogP contribution in [-0.4, -0.2) is 39.2 Å².